The van der Waals surface area contributed by atoms with Gasteiger partial charge in [0.2, 0.25) is 0 Å². The molecule has 0 saturated heterocycles. The molecule has 2 heterocycles. The third-order valence-corrected chi connectivity index (χ3v) is 5.03. The first-order valence-electron chi connectivity index (χ1n) is 8.57. The zero-order valence-electron chi connectivity index (χ0n) is 13.8. The Labute approximate surface area is 151 Å². The predicted molar refractivity (Wildman–Crippen MR) is 98.0 cm³/mol. The van der Waals surface area contributed by atoms with Gasteiger partial charge in [-0.1, -0.05) is 30.2 Å². The molecule has 1 N–H and O–H groups in total. The number of carbonyl (C=O) groups excluding carboxylic acids is 1. The van der Waals surface area contributed by atoms with Gasteiger partial charge in [-0.3, -0.25) is 4.98 Å². The summed E-state index contributed by atoms with van der Waals surface area (Å²) in [5, 5.41) is 0.721. The van der Waals surface area contributed by atoms with E-state index in [1.165, 1.54) is 6.42 Å². The molecule has 1 fully saturated rings. The van der Waals surface area contributed by atoms with Crippen molar-refractivity contribution in [2.45, 2.75) is 25.7 Å². The second-order valence-electron chi connectivity index (χ2n) is 6.61. The van der Waals surface area contributed by atoms with Crippen LogP contribution in [-0.2, 0) is 11.2 Å². The van der Waals surface area contributed by atoms with Gasteiger partial charge in [0.15, 0.2) is 0 Å². The minimum absolute atomic E-state index is 0.279. The quantitative estimate of drug-likeness (QED) is 0.672. The number of H-pyrrole nitrogens is 1. The molecule has 2 aromatic heterocycles. The normalized spacial score (nSPS) is 14.4. The number of nitrogens with zero attached hydrogens (tertiary/aromatic N) is 1. The van der Waals surface area contributed by atoms with E-state index in [1.807, 2.05) is 30.3 Å². The number of hydrogen-bond donors (Lipinski definition) is 1. The van der Waals surface area contributed by atoms with Crippen molar-refractivity contribution in [1.82, 2.24) is 9.97 Å². The fraction of sp³-hybridized carbons (Fsp3) is 0.300. The average Bonchev–Trinajstić information content (AvgIpc) is 2.97. The van der Waals surface area contributed by atoms with Crippen LogP contribution in [0.3, 0.4) is 0 Å². The number of ether oxygens (including phenoxy) is 1. The number of nitrogens with one attached hydrogen (secondary N) is 1. The van der Waals surface area contributed by atoms with Crippen LogP contribution in [0.15, 0.2) is 42.6 Å². The summed E-state index contributed by atoms with van der Waals surface area (Å²) in [6, 6.07) is 11.4. The molecule has 1 aliphatic rings. The van der Waals surface area contributed by atoms with Gasteiger partial charge in [0.1, 0.15) is 0 Å². The Hall–Kier alpha value is -2.33. The highest BCUT2D eigenvalue weighted by Crippen LogP contribution is 2.27. The van der Waals surface area contributed by atoms with Crippen molar-refractivity contribution >= 4 is 28.6 Å². The summed E-state index contributed by atoms with van der Waals surface area (Å²) in [5.74, 6) is 0.254. The van der Waals surface area contributed by atoms with E-state index in [0.29, 0.717) is 18.1 Å². The van der Waals surface area contributed by atoms with E-state index in [2.05, 4.69) is 9.97 Å². The zero-order chi connectivity index (χ0) is 17.2. The molecule has 0 bridgehead atoms. The average molecular weight is 355 g/mol. The van der Waals surface area contributed by atoms with Crippen LogP contribution < -0.4 is 0 Å². The summed E-state index contributed by atoms with van der Waals surface area (Å²) >= 11 is 5.93. The van der Waals surface area contributed by atoms with Crippen LogP contribution >= 0.6 is 11.6 Å². The van der Waals surface area contributed by atoms with Gasteiger partial charge in [0.05, 0.1) is 23.2 Å². The molecule has 0 unspecified atom stereocenters. The molecule has 4 nitrogen and oxygen atoms in total. The van der Waals surface area contributed by atoms with E-state index in [0.717, 1.165) is 46.6 Å². The van der Waals surface area contributed by atoms with Crippen LogP contribution in [0.2, 0.25) is 5.02 Å². The smallest absolute Gasteiger partial charge is 0.340 e. The van der Waals surface area contributed by atoms with E-state index >= 15 is 0 Å². The number of halogens is 1. The third-order valence-electron chi connectivity index (χ3n) is 4.78. The lowest BCUT2D eigenvalue weighted by Crippen LogP contribution is -2.20. The van der Waals surface area contributed by atoms with Crippen LogP contribution in [0.5, 0.6) is 0 Å². The Morgan fingerprint density at radius 1 is 1.24 bits per heavy atom. The second kappa shape index (κ2) is 6.89. The zero-order valence-corrected chi connectivity index (χ0v) is 14.6. The molecular weight excluding hydrogens is 336 g/mol. The number of aromatic nitrogens is 2. The molecule has 4 rings (SSSR count). The van der Waals surface area contributed by atoms with Crippen molar-refractivity contribution in [2.24, 2.45) is 5.92 Å². The van der Waals surface area contributed by atoms with Gasteiger partial charge in [0, 0.05) is 23.3 Å². The lowest BCUT2D eigenvalue weighted by atomic mass is 9.86. The van der Waals surface area contributed by atoms with Crippen LogP contribution in [0.4, 0.5) is 0 Å². The number of hydrogen-bond acceptors (Lipinski definition) is 3. The molecule has 1 saturated carbocycles. The number of fused-ring (bicyclic) bond motifs is 1. The molecule has 0 radical (unpaired) electrons. The summed E-state index contributed by atoms with van der Waals surface area (Å²) in [4.78, 5) is 20.1. The van der Waals surface area contributed by atoms with E-state index in [9.17, 15) is 4.79 Å². The number of aromatic amines is 1. The van der Waals surface area contributed by atoms with Gasteiger partial charge in [-0.2, -0.15) is 0 Å². The predicted octanol–water partition coefficient (Wildman–Crippen LogP) is 4.76. The van der Waals surface area contributed by atoms with Crippen LogP contribution in [0.1, 0.15) is 40.9 Å². The van der Waals surface area contributed by atoms with E-state index in [4.69, 9.17) is 16.3 Å². The van der Waals surface area contributed by atoms with Crippen LogP contribution in [-0.4, -0.2) is 22.5 Å². The van der Waals surface area contributed by atoms with Crippen molar-refractivity contribution < 1.29 is 9.53 Å². The first kappa shape index (κ1) is 16.2. The molecule has 1 aliphatic carbocycles. The molecule has 0 aliphatic heterocycles. The van der Waals surface area contributed by atoms with E-state index in [1.54, 1.807) is 12.3 Å². The highest BCUT2D eigenvalue weighted by Gasteiger charge is 2.21. The number of rotatable bonds is 5. The summed E-state index contributed by atoms with van der Waals surface area (Å²) in [7, 11) is 0. The fourth-order valence-corrected chi connectivity index (χ4v) is 3.22. The van der Waals surface area contributed by atoms with Crippen molar-refractivity contribution in [2.75, 3.05) is 6.61 Å². The number of pyridine rings is 1. The van der Waals surface area contributed by atoms with Gasteiger partial charge < -0.3 is 9.72 Å². The van der Waals surface area contributed by atoms with Crippen molar-refractivity contribution in [3.63, 3.8) is 0 Å². The molecular formula is C20H19ClN2O2. The topological polar surface area (TPSA) is 55.0 Å². The fourth-order valence-electron chi connectivity index (χ4n) is 3.10. The molecule has 5 heteroatoms. The maximum absolute atomic E-state index is 12.4. The molecule has 0 amide bonds. The highest BCUT2D eigenvalue weighted by molar-refractivity contribution is 6.30. The first-order valence-corrected chi connectivity index (χ1v) is 8.95. The Morgan fingerprint density at radius 2 is 2.04 bits per heavy atom. The SMILES string of the molecule is O=C(OCC1CCC1)c1ccnc2cc(Cc3ccc(Cl)cc3)[nH]c12. The minimum Gasteiger partial charge on any atom is -0.462 e. The van der Waals surface area contributed by atoms with Gasteiger partial charge in [-0.25, -0.2) is 4.79 Å². The summed E-state index contributed by atoms with van der Waals surface area (Å²) in [6.45, 7) is 0.515. The Kier molecular flexibility index (Phi) is 4.45. The standard InChI is InChI=1S/C20H19ClN2O2/c21-15-6-4-13(5-7-15)10-16-11-18-19(23-16)17(8-9-22-18)20(24)25-12-14-2-1-3-14/h4-9,11,14,23H,1-3,10,12H2. The van der Waals surface area contributed by atoms with Gasteiger partial charge in [0.25, 0.3) is 0 Å². The van der Waals surface area contributed by atoms with Gasteiger partial charge in [-0.15, -0.1) is 0 Å². The van der Waals surface area contributed by atoms with Gasteiger partial charge >= 0.3 is 5.97 Å². The van der Waals surface area contributed by atoms with Crippen molar-refractivity contribution in [3.8, 4) is 0 Å². The molecule has 0 spiro atoms. The molecule has 1 aromatic carbocycles. The lowest BCUT2D eigenvalue weighted by molar-refractivity contribution is 0.0373. The largest absolute Gasteiger partial charge is 0.462 e. The molecule has 25 heavy (non-hydrogen) atoms. The van der Waals surface area contributed by atoms with Gasteiger partial charge in [-0.05, 0) is 48.6 Å². The van der Waals surface area contributed by atoms with Crippen LogP contribution in [0, 0.1) is 5.92 Å². The summed E-state index contributed by atoms with van der Waals surface area (Å²) < 4.78 is 5.48. The van der Waals surface area contributed by atoms with E-state index in [-0.39, 0.29) is 5.97 Å². The monoisotopic (exact) mass is 354 g/mol. The maximum atomic E-state index is 12.4. The molecule has 3 aromatic rings. The third kappa shape index (κ3) is 3.54. The molecule has 128 valence electrons. The number of carbonyl (C=O) groups is 1. The van der Waals surface area contributed by atoms with Crippen molar-refractivity contribution in [3.05, 3.63) is 64.4 Å². The second-order valence-corrected chi connectivity index (χ2v) is 7.05. The molecule has 0 atom stereocenters. The lowest BCUT2D eigenvalue weighted by Gasteiger charge is -2.24. The Balaban J connectivity index is 1.55. The summed E-state index contributed by atoms with van der Waals surface area (Å²) in [5.41, 5.74) is 4.22. The number of benzene rings is 1. The number of esters is 1. The maximum Gasteiger partial charge on any atom is 0.340 e. The minimum atomic E-state index is -0.279. The van der Waals surface area contributed by atoms with Crippen molar-refractivity contribution in [1.29, 1.82) is 0 Å². The Morgan fingerprint density at radius 3 is 2.76 bits per heavy atom. The van der Waals surface area contributed by atoms with E-state index < -0.39 is 0 Å². The highest BCUT2D eigenvalue weighted by atomic mass is 35.5. The first-order chi connectivity index (χ1) is 12.2. The summed E-state index contributed by atoms with van der Waals surface area (Å²) in [6.07, 6.45) is 5.94. The Bertz CT molecular complexity index is 898. The van der Waals surface area contributed by atoms with Crippen LogP contribution in [0.25, 0.3) is 11.0 Å².